The van der Waals surface area contributed by atoms with Crippen molar-refractivity contribution in [2.24, 2.45) is 5.92 Å². The Kier molecular flexibility index (Phi) is 7.70. The number of halogens is 4. The van der Waals surface area contributed by atoms with Crippen molar-refractivity contribution in [3.05, 3.63) is 85.4 Å². The lowest BCUT2D eigenvalue weighted by Gasteiger charge is -2.35. The van der Waals surface area contributed by atoms with Crippen LogP contribution in [0, 0.1) is 5.92 Å². The van der Waals surface area contributed by atoms with Gasteiger partial charge in [0.15, 0.2) is 0 Å². The molecule has 0 saturated heterocycles. The van der Waals surface area contributed by atoms with Crippen LogP contribution in [0.3, 0.4) is 0 Å². The Hall–Kier alpha value is -3.88. The number of benzene rings is 2. The van der Waals surface area contributed by atoms with Gasteiger partial charge in [-0.1, -0.05) is 29.8 Å². The maximum Gasteiger partial charge on any atom is 0.417 e. The average Bonchev–Trinajstić information content (AvgIpc) is 3.56. The first kappa shape index (κ1) is 30.2. The van der Waals surface area contributed by atoms with Crippen LogP contribution in [-0.2, 0) is 25.6 Å². The van der Waals surface area contributed by atoms with E-state index >= 15 is 0 Å². The lowest BCUT2D eigenvalue weighted by atomic mass is 9.97. The zero-order chi connectivity index (χ0) is 31.5. The summed E-state index contributed by atoms with van der Waals surface area (Å²) in [6.45, 7) is 6.26. The Bertz CT molecular complexity index is 1840. The van der Waals surface area contributed by atoms with Crippen LogP contribution in [0.5, 0.6) is 0 Å². The molecule has 1 amide bonds. The van der Waals surface area contributed by atoms with Crippen molar-refractivity contribution in [2.45, 2.75) is 52.4 Å². The van der Waals surface area contributed by atoms with E-state index in [1.165, 1.54) is 17.0 Å². The van der Waals surface area contributed by atoms with Crippen molar-refractivity contribution >= 4 is 38.9 Å². The molecule has 2 aromatic carbocycles. The smallest absolute Gasteiger partial charge is 0.394 e. The standard InChI is InChI=1S/C30H31BrF3N7O3/c1-16(2)10-19-14-35-41-26-15-38(28(43)18-4-6-23(31)22(12-18)30(32,33)34)17(3)11-21(26)29(44)40(27(19)41)20-5-7-25-24(13-20)36-37-39(25)8-9-42/h4-7,12-14,16-17,36-37,42H,8-11,15H2,1-3H3/t17-/m1/s1. The van der Waals surface area contributed by atoms with Gasteiger partial charge in [-0.25, -0.2) is 4.52 Å². The zero-order valence-electron chi connectivity index (χ0n) is 24.2. The highest BCUT2D eigenvalue weighted by Crippen LogP contribution is 2.36. The van der Waals surface area contributed by atoms with Gasteiger partial charge >= 0.3 is 6.18 Å². The van der Waals surface area contributed by atoms with Gasteiger partial charge in [-0.05, 0) is 62.1 Å². The van der Waals surface area contributed by atoms with E-state index in [1.54, 1.807) is 27.2 Å². The number of anilines is 2. The van der Waals surface area contributed by atoms with Crippen LogP contribution in [0.25, 0.3) is 11.3 Å². The van der Waals surface area contributed by atoms with E-state index in [9.17, 15) is 27.9 Å². The Morgan fingerprint density at radius 1 is 1.20 bits per heavy atom. The molecule has 0 unspecified atom stereocenters. The second-order valence-electron chi connectivity index (χ2n) is 11.6. The van der Waals surface area contributed by atoms with Crippen LogP contribution in [-0.4, -0.2) is 49.3 Å². The second-order valence-corrected chi connectivity index (χ2v) is 12.4. The number of aromatic nitrogens is 3. The number of amides is 1. The number of carbonyl (C=O) groups excluding carboxylic acids is 1. The first-order chi connectivity index (χ1) is 20.9. The van der Waals surface area contributed by atoms with Gasteiger partial charge in [0.25, 0.3) is 11.5 Å². The van der Waals surface area contributed by atoms with Gasteiger partial charge in [0.05, 0.1) is 54.2 Å². The lowest BCUT2D eigenvalue weighted by Crippen LogP contribution is -2.46. The summed E-state index contributed by atoms with van der Waals surface area (Å²) in [5.41, 5.74) is 9.47. The van der Waals surface area contributed by atoms with Crippen LogP contribution in [0.1, 0.15) is 53.5 Å². The molecule has 4 aromatic rings. The quantitative estimate of drug-likeness (QED) is 0.273. The monoisotopic (exact) mass is 673 g/mol. The second kappa shape index (κ2) is 11.2. The fourth-order valence-corrected chi connectivity index (χ4v) is 6.46. The van der Waals surface area contributed by atoms with Gasteiger partial charge < -0.3 is 15.4 Å². The van der Waals surface area contributed by atoms with Crippen LogP contribution in [0.2, 0.25) is 0 Å². The highest BCUT2D eigenvalue weighted by Gasteiger charge is 2.36. The number of aliphatic hydroxyl groups is 1. The molecule has 44 heavy (non-hydrogen) atoms. The number of alkyl halides is 3. The number of fused-ring (bicyclic) bond motifs is 4. The Morgan fingerprint density at radius 2 is 1.98 bits per heavy atom. The van der Waals surface area contributed by atoms with Crippen LogP contribution in [0.4, 0.5) is 24.5 Å². The summed E-state index contributed by atoms with van der Waals surface area (Å²) in [4.78, 5) is 29.5. The van der Waals surface area contributed by atoms with Gasteiger partial charge in [-0.15, -0.1) is 5.53 Å². The first-order valence-corrected chi connectivity index (χ1v) is 15.0. The van der Waals surface area contributed by atoms with Crippen molar-refractivity contribution in [3.63, 3.8) is 0 Å². The summed E-state index contributed by atoms with van der Waals surface area (Å²) < 4.78 is 44.0. The number of hydrogen-bond donors (Lipinski definition) is 3. The molecule has 6 rings (SSSR count). The molecule has 2 aliphatic rings. The van der Waals surface area contributed by atoms with Crippen LogP contribution in [0.15, 0.2) is 51.9 Å². The van der Waals surface area contributed by atoms with Crippen molar-refractivity contribution in [2.75, 3.05) is 23.6 Å². The number of β-amino-alcohol motifs (C(OH)–C–C–N with tert-alkyl or cyclic N) is 1. The average molecular weight is 675 g/mol. The molecule has 10 nitrogen and oxygen atoms in total. The number of aliphatic hydroxyl groups excluding tert-OH is 1. The molecule has 232 valence electrons. The minimum absolute atomic E-state index is 0.00785. The molecular weight excluding hydrogens is 643 g/mol. The number of hydrogen-bond acceptors (Lipinski definition) is 7. The maximum absolute atomic E-state index is 14.3. The van der Waals surface area contributed by atoms with Crippen molar-refractivity contribution in [1.29, 1.82) is 0 Å². The van der Waals surface area contributed by atoms with E-state index in [-0.39, 0.29) is 41.1 Å². The van der Waals surface area contributed by atoms with E-state index in [0.29, 0.717) is 35.6 Å². The number of hydrazine groups is 2. The minimum atomic E-state index is -4.63. The molecule has 1 atom stereocenters. The molecule has 0 fully saturated rings. The van der Waals surface area contributed by atoms with Crippen molar-refractivity contribution in [3.8, 4) is 5.69 Å². The van der Waals surface area contributed by atoms with E-state index < -0.39 is 23.7 Å². The molecule has 0 radical (unpaired) electrons. The normalized spacial score (nSPS) is 16.4. The summed E-state index contributed by atoms with van der Waals surface area (Å²) >= 11 is 2.94. The van der Waals surface area contributed by atoms with E-state index in [0.717, 1.165) is 23.0 Å². The van der Waals surface area contributed by atoms with E-state index in [1.807, 2.05) is 18.2 Å². The Morgan fingerprint density at radius 3 is 2.68 bits per heavy atom. The summed E-state index contributed by atoms with van der Waals surface area (Å²) in [6.07, 6.45) is -2.05. The van der Waals surface area contributed by atoms with Crippen LogP contribution >= 0.6 is 15.9 Å². The van der Waals surface area contributed by atoms with E-state index in [2.05, 4.69) is 45.8 Å². The summed E-state index contributed by atoms with van der Waals surface area (Å²) in [6, 6.07) is 8.55. The highest BCUT2D eigenvalue weighted by molar-refractivity contribution is 9.10. The van der Waals surface area contributed by atoms with Crippen molar-refractivity contribution in [1.82, 2.24) is 24.6 Å². The molecule has 3 N–H and O–H groups in total. The van der Waals surface area contributed by atoms with E-state index in [4.69, 9.17) is 0 Å². The summed E-state index contributed by atoms with van der Waals surface area (Å²) in [5, 5.41) is 15.8. The predicted octanol–water partition coefficient (Wildman–Crippen LogP) is 4.70. The number of carbonyl (C=O) groups is 1. The molecule has 14 heteroatoms. The number of rotatable bonds is 6. The number of nitrogens with one attached hydrogen (secondary N) is 2. The minimum Gasteiger partial charge on any atom is -0.394 e. The molecule has 0 aliphatic carbocycles. The molecule has 2 aromatic heterocycles. The first-order valence-electron chi connectivity index (χ1n) is 14.2. The fraction of sp³-hybridized carbons (Fsp3) is 0.367. The van der Waals surface area contributed by atoms with Gasteiger partial charge in [0.1, 0.15) is 5.65 Å². The SMILES string of the molecule is CC(C)Cc1cnn2c3c(c(=O)n(-c4ccc5c(c4)NNN5CCO)c12)C[C@@H](C)N(C(=O)c1ccc(Br)c(C(F)(F)F)c1)C3. The van der Waals surface area contributed by atoms with Gasteiger partial charge in [-0.3, -0.25) is 19.2 Å². The largest absolute Gasteiger partial charge is 0.417 e. The molecule has 0 bridgehead atoms. The van der Waals surface area contributed by atoms with Gasteiger partial charge in [-0.2, -0.15) is 18.3 Å². The predicted molar refractivity (Wildman–Crippen MR) is 163 cm³/mol. The summed E-state index contributed by atoms with van der Waals surface area (Å²) in [7, 11) is 0. The fourth-order valence-electron chi connectivity index (χ4n) is 5.98. The van der Waals surface area contributed by atoms with Crippen LogP contribution < -0.4 is 21.5 Å². The lowest BCUT2D eigenvalue weighted by molar-refractivity contribution is -0.138. The number of nitrogens with zero attached hydrogens (tertiary/aromatic N) is 5. The third-order valence-electron chi connectivity index (χ3n) is 8.03. The highest BCUT2D eigenvalue weighted by atomic mass is 79.9. The van der Waals surface area contributed by atoms with Gasteiger partial charge in [0.2, 0.25) is 0 Å². The Labute approximate surface area is 259 Å². The molecular formula is C30H31BrF3N7O3. The molecule has 2 aliphatic heterocycles. The zero-order valence-corrected chi connectivity index (χ0v) is 25.8. The van der Waals surface area contributed by atoms with Crippen molar-refractivity contribution < 1.29 is 23.1 Å². The third kappa shape index (κ3) is 5.14. The molecule has 4 heterocycles. The Balaban J connectivity index is 1.47. The molecule has 0 saturated carbocycles. The third-order valence-corrected chi connectivity index (χ3v) is 8.72. The van der Waals surface area contributed by atoms with Gasteiger partial charge in [0, 0.05) is 27.2 Å². The summed E-state index contributed by atoms with van der Waals surface area (Å²) in [5.74, 6) is -0.295. The topological polar surface area (TPSA) is 107 Å². The molecule has 0 spiro atoms. The maximum atomic E-state index is 14.3.